The van der Waals surface area contributed by atoms with Gasteiger partial charge in [-0.05, 0) is 42.9 Å². The molecule has 4 aromatic heterocycles. The summed E-state index contributed by atoms with van der Waals surface area (Å²) in [5, 5.41) is 4.85. The Labute approximate surface area is 196 Å². The van der Waals surface area contributed by atoms with E-state index in [1.54, 1.807) is 12.5 Å². The van der Waals surface area contributed by atoms with Crippen LogP contribution < -0.4 is 5.32 Å². The molecular formula is C24H27N7OS. The van der Waals surface area contributed by atoms with Crippen LogP contribution in [0.25, 0.3) is 16.0 Å². The number of imidazole rings is 1. The van der Waals surface area contributed by atoms with Crippen molar-refractivity contribution in [2.24, 2.45) is 0 Å². The smallest absolute Gasteiger partial charge is 0.146 e. The van der Waals surface area contributed by atoms with Crippen LogP contribution in [0.3, 0.4) is 0 Å². The van der Waals surface area contributed by atoms with Crippen LogP contribution in [0.15, 0.2) is 37.1 Å². The number of nitrogens with one attached hydrogen (secondary N) is 1. The van der Waals surface area contributed by atoms with E-state index >= 15 is 0 Å². The minimum absolute atomic E-state index is 0.672. The number of aromatic nitrogens is 5. The molecule has 0 unspecified atom stereocenters. The molecule has 0 saturated carbocycles. The molecule has 1 fully saturated rings. The maximum atomic E-state index is 5.50. The highest BCUT2D eigenvalue weighted by atomic mass is 32.1. The van der Waals surface area contributed by atoms with E-state index in [9.17, 15) is 0 Å². The van der Waals surface area contributed by atoms with Crippen molar-refractivity contribution in [1.82, 2.24) is 29.4 Å². The predicted octanol–water partition coefficient (Wildman–Crippen LogP) is 3.60. The monoisotopic (exact) mass is 461 g/mol. The fraction of sp³-hybridized carbons (Fsp3) is 0.417. The average molecular weight is 462 g/mol. The minimum atomic E-state index is 0.672. The molecule has 33 heavy (non-hydrogen) atoms. The van der Waals surface area contributed by atoms with E-state index in [0.29, 0.717) is 6.54 Å². The summed E-state index contributed by atoms with van der Waals surface area (Å²) in [5.74, 6) is 2.71. The summed E-state index contributed by atoms with van der Waals surface area (Å²) >= 11 is 1.86. The Balaban J connectivity index is 1.28. The first-order valence-corrected chi connectivity index (χ1v) is 12.4. The Kier molecular flexibility index (Phi) is 5.75. The Hall–Kier alpha value is -2.88. The van der Waals surface area contributed by atoms with Gasteiger partial charge in [0.2, 0.25) is 0 Å². The summed E-state index contributed by atoms with van der Waals surface area (Å²) in [5.41, 5.74) is 2.57. The van der Waals surface area contributed by atoms with Gasteiger partial charge >= 0.3 is 0 Å². The molecule has 0 aromatic carbocycles. The summed E-state index contributed by atoms with van der Waals surface area (Å²) in [6, 6.07) is 4.12. The standard InChI is InChI=1S/C24H27N7OS/c1-2-4-19-18(3-1)22-23(27-14-17-5-6-21(26-13-17)31-8-7-25-16-31)28-20(29-24(22)33-19)15-30-9-11-32-12-10-30/h5-8,13,16H,1-4,9-12,14-15H2,(H,27,28,29). The van der Waals surface area contributed by atoms with Gasteiger partial charge in [0.25, 0.3) is 0 Å². The van der Waals surface area contributed by atoms with Crippen molar-refractivity contribution in [1.29, 1.82) is 0 Å². The number of rotatable bonds is 6. The van der Waals surface area contributed by atoms with E-state index in [-0.39, 0.29) is 0 Å². The van der Waals surface area contributed by atoms with Gasteiger partial charge in [0.1, 0.15) is 28.6 Å². The number of aryl methyl sites for hydroxylation is 2. The number of thiophene rings is 1. The molecule has 1 N–H and O–H groups in total. The lowest BCUT2D eigenvalue weighted by atomic mass is 9.97. The highest BCUT2D eigenvalue weighted by Crippen LogP contribution is 2.38. The number of morpholine rings is 1. The molecule has 0 atom stereocenters. The number of anilines is 1. The van der Waals surface area contributed by atoms with Gasteiger partial charge in [-0.2, -0.15) is 0 Å². The second-order valence-corrected chi connectivity index (χ2v) is 9.70. The third-order valence-corrected chi connectivity index (χ3v) is 7.55. The van der Waals surface area contributed by atoms with E-state index in [1.165, 1.54) is 28.7 Å². The van der Waals surface area contributed by atoms with E-state index in [2.05, 4.69) is 26.3 Å². The lowest BCUT2D eigenvalue weighted by molar-refractivity contribution is 0.0331. The van der Waals surface area contributed by atoms with Crippen LogP contribution in [0.4, 0.5) is 5.82 Å². The zero-order valence-electron chi connectivity index (χ0n) is 18.5. The van der Waals surface area contributed by atoms with Gasteiger partial charge in [0, 0.05) is 43.1 Å². The van der Waals surface area contributed by atoms with Gasteiger partial charge < -0.3 is 10.1 Å². The van der Waals surface area contributed by atoms with Crippen molar-refractivity contribution in [3.05, 3.63) is 58.9 Å². The third kappa shape index (κ3) is 4.36. The molecule has 0 bridgehead atoms. The van der Waals surface area contributed by atoms with Crippen LogP contribution in [0.1, 0.15) is 34.7 Å². The fourth-order valence-electron chi connectivity index (χ4n) is 4.61. The van der Waals surface area contributed by atoms with Gasteiger partial charge in [0.05, 0.1) is 25.1 Å². The third-order valence-electron chi connectivity index (χ3n) is 6.37. The summed E-state index contributed by atoms with van der Waals surface area (Å²) in [4.78, 5) is 23.7. The van der Waals surface area contributed by atoms with E-state index in [1.807, 2.05) is 34.4 Å². The van der Waals surface area contributed by atoms with Crippen LogP contribution >= 0.6 is 11.3 Å². The van der Waals surface area contributed by atoms with Crippen molar-refractivity contribution in [3.63, 3.8) is 0 Å². The second kappa shape index (κ2) is 9.17. The molecule has 1 saturated heterocycles. The summed E-state index contributed by atoms with van der Waals surface area (Å²) in [6.45, 7) is 4.86. The van der Waals surface area contributed by atoms with Crippen molar-refractivity contribution in [3.8, 4) is 5.82 Å². The van der Waals surface area contributed by atoms with Gasteiger partial charge in [-0.3, -0.25) is 9.47 Å². The molecule has 2 aliphatic rings. The molecule has 8 nitrogen and oxygen atoms in total. The zero-order valence-corrected chi connectivity index (χ0v) is 19.4. The van der Waals surface area contributed by atoms with Crippen molar-refractivity contribution in [2.45, 2.75) is 38.8 Å². The van der Waals surface area contributed by atoms with Gasteiger partial charge in [-0.25, -0.2) is 19.9 Å². The minimum Gasteiger partial charge on any atom is -0.379 e. The largest absolute Gasteiger partial charge is 0.379 e. The Bertz CT molecular complexity index is 1230. The van der Waals surface area contributed by atoms with E-state index in [4.69, 9.17) is 14.7 Å². The maximum Gasteiger partial charge on any atom is 0.146 e. The molecule has 1 aliphatic carbocycles. The quantitative estimate of drug-likeness (QED) is 0.470. The first-order valence-electron chi connectivity index (χ1n) is 11.6. The molecule has 0 amide bonds. The van der Waals surface area contributed by atoms with E-state index < -0.39 is 0 Å². The van der Waals surface area contributed by atoms with Crippen LogP contribution in [0.2, 0.25) is 0 Å². The summed E-state index contributed by atoms with van der Waals surface area (Å²) in [7, 11) is 0. The SMILES string of the molecule is c1cn(-c2ccc(CNc3nc(CN4CCOCC4)nc4sc5c(c34)CCCC5)cn2)cn1. The van der Waals surface area contributed by atoms with Gasteiger partial charge in [0.15, 0.2) is 0 Å². The van der Waals surface area contributed by atoms with Gasteiger partial charge in [-0.15, -0.1) is 11.3 Å². The lowest BCUT2D eigenvalue weighted by Gasteiger charge is -2.25. The zero-order chi connectivity index (χ0) is 22.0. The lowest BCUT2D eigenvalue weighted by Crippen LogP contribution is -2.36. The predicted molar refractivity (Wildman–Crippen MR) is 129 cm³/mol. The first-order chi connectivity index (χ1) is 16.3. The van der Waals surface area contributed by atoms with Gasteiger partial charge in [-0.1, -0.05) is 6.07 Å². The highest BCUT2D eigenvalue weighted by Gasteiger charge is 2.22. The molecule has 6 rings (SSSR count). The maximum absolute atomic E-state index is 5.50. The Morgan fingerprint density at radius 1 is 1.09 bits per heavy atom. The van der Waals surface area contributed by atoms with Crippen molar-refractivity contribution < 1.29 is 4.74 Å². The average Bonchev–Trinajstić information content (AvgIpc) is 3.52. The number of fused-ring (bicyclic) bond motifs is 3. The molecule has 170 valence electrons. The highest BCUT2D eigenvalue weighted by molar-refractivity contribution is 7.19. The van der Waals surface area contributed by atoms with Crippen molar-refractivity contribution >= 4 is 27.4 Å². The summed E-state index contributed by atoms with van der Waals surface area (Å²) < 4.78 is 7.41. The number of pyridine rings is 1. The van der Waals surface area contributed by atoms with Crippen LogP contribution in [-0.2, 0) is 30.7 Å². The fourth-order valence-corrected chi connectivity index (χ4v) is 5.89. The topological polar surface area (TPSA) is 81.0 Å². The molecule has 1 aliphatic heterocycles. The van der Waals surface area contributed by atoms with Crippen LogP contribution in [0.5, 0.6) is 0 Å². The van der Waals surface area contributed by atoms with Crippen molar-refractivity contribution in [2.75, 3.05) is 31.6 Å². The normalized spacial score (nSPS) is 16.7. The van der Waals surface area contributed by atoms with E-state index in [0.717, 1.165) is 73.5 Å². The number of ether oxygens (including phenoxy) is 1. The number of nitrogens with zero attached hydrogens (tertiary/aromatic N) is 6. The first kappa shape index (κ1) is 20.7. The molecule has 9 heteroatoms. The number of hydrogen-bond acceptors (Lipinski definition) is 8. The molecule has 0 spiro atoms. The Morgan fingerprint density at radius 2 is 2.00 bits per heavy atom. The molecular weight excluding hydrogens is 434 g/mol. The molecule has 0 radical (unpaired) electrons. The molecule has 5 heterocycles. The summed E-state index contributed by atoms with van der Waals surface area (Å²) in [6.07, 6.45) is 12.1. The van der Waals surface area contributed by atoms with Crippen LogP contribution in [0, 0.1) is 0 Å². The molecule has 4 aromatic rings. The van der Waals surface area contributed by atoms with Crippen LogP contribution in [-0.4, -0.2) is 55.7 Å². The second-order valence-electron chi connectivity index (χ2n) is 8.62. The Morgan fingerprint density at radius 3 is 2.82 bits per heavy atom. The number of hydrogen-bond donors (Lipinski definition) is 1.